The minimum absolute atomic E-state index is 0.00634. The van der Waals surface area contributed by atoms with Crippen LogP contribution in [0.1, 0.15) is 10.4 Å². The first-order chi connectivity index (χ1) is 6.15. The summed E-state index contributed by atoms with van der Waals surface area (Å²) in [4.78, 5) is 24.8. The number of hydrogen-bond donors (Lipinski definition) is 1. The Kier molecular flexibility index (Phi) is 2.59. The van der Waals surface area contributed by atoms with Gasteiger partial charge in [-0.05, 0) is 6.07 Å². The van der Waals surface area contributed by atoms with Crippen LogP contribution in [-0.2, 0) is 4.79 Å². The van der Waals surface area contributed by atoms with Gasteiger partial charge >= 0.3 is 5.97 Å². The van der Waals surface area contributed by atoms with E-state index in [9.17, 15) is 9.59 Å². The van der Waals surface area contributed by atoms with Gasteiger partial charge in [0.05, 0.1) is 18.9 Å². The van der Waals surface area contributed by atoms with Gasteiger partial charge in [-0.15, -0.1) is 0 Å². The maximum absolute atomic E-state index is 10.9. The number of aliphatic carboxylic acids is 1. The standard InChI is InChI=1S/C8H7NO4/c1-13-6-2-5(3-9-4-6)7(10)8(11)12/h2-4H,1H3,(H,11,12). The lowest BCUT2D eigenvalue weighted by atomic mass is 10.2. The number of carboxylic acids is 1. The molecule has 1 aromatic rings. The van der Waals surface area contributed by atoms with Gasteiger partial charge in [-0.25, -0.2) is 4.79 Å². The van der Waals surface area contributed by atoms with E-state index >= 15 is 0 Å². The van der Waals surface area contributed by atoms with Crippen LogP contribution in [0.15, 0.2) is 18.5 Å². The van der Waals surface area contributed by atoms with Crippen molar-refractivity contribution in [2.24, 2.45) is 0 Å². The summed E-state index contributed by atoms with van der Waals surface area (Å²) in [6.07, 6.45) is 2.57. The van der Waals surface area contributed by atoms with Gasteiger partial charge < -0.3 is 9.84 Å². The van der Waals surface area contributed by atoms with Crippen molar-refractivity contribution in [3.05, 3.63) is 24.0 Å². The highest BCUT2D eigenvalue weighted by atomic mass is 16.5. The van der Waals surface area contributed by atoms with Crippen LogP contribution in [0.2, 0.25) is 0 Å². The molecule has 0 radical (unpaired) electrons. The molecule has 0 amide bonds. The summed E-state index contributed by atoms with van der Waals surface area (Å²) in [5.74, 6) is -2.14. The summed E-state index contributed by atoms with van der Waals surface area (Å²) < 4.78 is 4.78. The molecule has 0 saturated carbocycles. The van der Waals surface area contributed by atoms with Crippen molar-refractivity contribution in [1.29, 1.82) is 0 Å². The largest absolute Gasteiger partial charge is 0.495 e. The zero-order valence-corrected chi connectivity index (χ0v) is 6.85. The molecule has 0 fully saturated rings. The first-order valence-corrected chi connectivity index (χ1v) is 3.42. The molecule has 1 N–H and O–H groups in total. The lowest BCUT2D eigenvalue weighted by molar-refractivity contribution is -0.131. The van der Waals surface area contributed by atoms with Crippen molar-refractivity contribution < 1.29 is 19.4 Å². The molecule has 13 heavy (non-hydrogen) atoms. The number of carboxylic acid groups (broad SMARTS) is 1. The quantitative estimate of drug-likeness (QED) is 0.538. The van der Waals surface area contributed by atoms with E-state index in [2.05, 4.69) is 4.98 Å². The van der Waals surface area contributed by atoms with E-state index in [0.717, 1.165) is 0 Å². The average molecular weight is 181 g/mol. The number of carbonyl (C=O) groups excluding carboxylic acids is 1. The summed E-state index contributed by atoms with van der Waals surface area (Å²) >= 11 is 0. The van der Waals surface area contributed by atoms with E-state index in [1.165, 1.54) is 25.6 Å². The third-order valence-corrected chi connectivity index (χ3v) is 1.41. The van der Waals surface area contributed by atoms with Crippen molar-refractivity contribution in [3.63, 3.8) is 0 Å². The Bertz CT molecular complexity index is 348. The Morgan fingerprint density at radius 1 is 1.46 bits per heavy atom. The van der Waals surface area contributed by atoms with Crippen molar-refractivity contribution in [2.75, 3.05) is 7.11 Å². The molecule has 1 heterocycles. The van der Waals surface area contributed by atoms with Crippen LogP contribution in [-0.4, -0.2) is 29.0 Å². The summed E-state index contributed by atoms with van der Waals surface area (Å²) in [7, 11) is 1.41. The molecule has 0 spiro atoms. The number of hydrogen-bond acceptors (Lipinski definition) is 4. The molecule has 0 bridgehead atoms. The number of Topliss-reactive ketones (excluding diaryl/α,β-unsaturated/α-hetero) is 1. The first kappa shape index (κ1) is 9.18. The SMILES string of the molecule is COc1cncc(C(=O)C(=O)O)c1. The van der Waals surface area contributed by atoms with Gasteiger partial charge in [-0.2, -0.15) is 0 Å². The van der Waals surface area contributed by atoms with Crippen molar-refractivity contribution in [2.45, 2.75) is 0 Å². The van der Waals surface area contributed by atoms with E-state index in [1.807, 2.05) is 0 Å². The molecule has 0 aliphatic carbocycles. The Morgan fingerprint density at radius 2 is 2.15 bits per heavy atom. The van der Waals surface area contributed by atoms with Crippen molar-refractivity contribution in [3.8, 4) is 5.75 Å². The summed E-state index contributed by atoms with van der Waals surface area (Å²) in [6.45, 7) is 0. The zero-order chi connectivity index (χ0) is 9.84. The Labute approximate surface area is 74.0 Å². The Balaban J connectivity index is 3.02. The van der Waals surface area contributed by atoms with E-state index in [1.54, 1.807) is 0 Å². The average Bonchev–Trinajstić information content (AvgIpc) is 2.16. The molecule has 0 saturated heterocycles. The minimum Gasteiger partial charge on any atom is -0.495 e. The Morgan fingerprint density at radius 3 is 2.69 bits per heavy atom. The van der Waals surface area contributed by atoms with Crippen molar-refractivity contribution >= 4 is 11.8 Å². The van der Waals surface area contributed by atoms with Gasteiger partial charge in [-0.3, -0.25) is 9.78 Å². The number of pyridine rings is 1. The molecule has 0 aromatic carbocycles. The third kappa shape index (κ3) is 2.02. The second-order valence-corrected chi connectivity index (χ2v) is 2.25. The molecule has 0 atom stereocenters. The molecular weight excluding hydrogens is 174 g/mol. The maximum atomic E-state index is 10.9. The molecule has 1 aromatic heterocycles. The van der Waals surface area contributed by atoms with Crippen LogP contribution in [0, 0.1) is 0 Å². The van der Waals surface area contributed by atoms with Gasteiger partial charge in [0, 0.05) is 6.20 Å². The lowest BCUT2D eigenvalue weighted by Gasteiger charge is -1.99. The van der Waals surface area contributed by atoms with Crippen LogP contribution >= 0.6 is 0 Å². The van der Waals surface area contributed by atoms with Crippen molar-refractivity contribution in [1.82, 2.24) is 4.98 Å². The van der Waals surface area contributed by atoms with Crippen LogP contribution in [0.4, 0.5) is 0 Å². The fourth-order valence-electron chi connectivity index (χ4n) is 0.778. The van der Waals surface area contributed by atoms with Gasteiger partial charge in [0.2, 0.25) is 0 Å². The van der Waals surface area contributed by atoms with Gasteiger partial charge in [-0.1, -0.05) is 0 Å². The monoisotopic (exact) mass is 181 g/mol. The van der Waals surface area contributed by atoms with Crippen LogP contribution in [0.3, 0.4) is 0 Å². The molecule has 0 unspecified atom stereocenters. The first-order valence-electron chi connectivity index (χ1n) is 3.42. The number of methoxy groups -OCH3 is 1. The van der Waals surface area contributed by atoms with Crippen LogP contribution < -0.4 is 4.74 Å². The summed E-state index contributed by atoms with van der Waals surface area (Å²) in [5, 5.41) is 8.38. The van der Waals surface area contributed by atoms with E-state index in [4.69, 9.17) is 9.84 Å². The van der Waals surface area contributed by atoms with Gasteiger partial charge in [0.1, 0.15) is 5.75 Å². The highest BCUT2D eigenvalue weighted by Crippen LogP contribution is 2.10. The van der Waals surface area contributed by atoms with Gasteiger partial charge in [0.15, 0.2) is 0 Å². The normalized spacial score (nSPS) is 9.31. The van der Waals surface area contributed by atoms with Crippen LogP contribution in [0.5, 0.6) is 5.75 Å². The fourth-order valence-corrected chi connectivity index (χ4v) is 0.778. The highest BCUT2D eigenvalue weighted by molar-refractivity contribution is 6.39. The molecule has 5 heteroatoms. The molecule has 68 valence electrons. The number of rotatable bonds is 3. The number of carbonyl (C=O) groups is 2. The molecule has 0 aliphatic heterocycles. The van der Waals surface area contributed by atoms with E-state index in [-0.39, 0.29) is 5.56 Å². The predicted octanol–water partition coefficient (Wildman–Crippen LogP) is 0.357. The third-order valence-electron chi connectivity index (χ3n) is 1.41. The fraction of sp³-hybridized carbons (Fsp3) is 0.125. The van der Waals surface area contributed by atoms with E-state index in [0.29, 0.717) is 5.75 Å². The number of ketones is 1. The predicted molar refractivity (Wildman–Crippen MR) is 42.8 cm³/mol. The Hall–Kier alpha value is -1.91. The molecule has 5 nitrogen and oxygen atoms in total. The lowest BCUT2D eigenvalue weighted by Crippen LogP contribution is -2.12. The smallest absolute Gasteiger partial charge is 0.377 e. The van der Waals surface area contributed by atoms with Gasteiger partial charge in [0.25, 0.3) is 5.78 Å². The molecular formula is C8H7NO4. The molecule has 1 rings (SSSR count). The topological polar surface area (TPSA) is 76.5 Å². The number of nitrogens with zero attached hydrogens (tertiary/aromatic N) is 1. The highest BCUT2D eigenvalue weighted by Gasteiger charge is 2.14. The van der Waals surface area contributed by atoms with E-state index < -0.39 is 11.8 Å². The second-order valence-electron chi connectivity index (χ2n) is 2.25. The summed E-state index contributed by atoms with van der Waals surface area (Å²) in [6, 6.07) is 1.32. The number of ether oxygens (including phenoxy) is 1. The minimum atomic E-state index is -1.50. The maximum Gasteiger partial charge on any atom is 0.377 e. The molecule has 0 aliphatic rings. The number of aromatic nitrogens is 1. The second kappa shape index (κ2) is 3.66. The zero-order valence-electron chi connectivity index (χ0n) is 6.85. The summed E-state index contributed by atoms with van der Waals surface area (Å²) in [5.41, 5.74) is 0.00634. The van der Waals surface area contributed by atoms with Crippen LogP contribution in [0.25, 0.3) is 0 Å².